The van der Waals surface area contributed by atoms with Gasteiger partial charge < -0.3 is 20.5 Å². The zero-order valence-corrected chi connectivity index (χ0v) is 10.9. The van der Waals surface area contributed by atoms with Crippen molar-refractivity contribution in [1.29, 1.82) is 0 Å². The topological polar surface area (TPSA) is 73.6 Å². The van der Waals surface area contributed by atoms with Crippen LogP contribution in [0.2, 0.25) is 0 Å². The van der Waals surface area contributed by atoms with Crippen molar-refractivity contribution in [3.63, 3.8) is 0 Å². The minimum atomic E-state index is -0.203. The molecule has 0 bridgehead atoms. The number of nitrogens with one attached hydrogen (secondary N) is 1. The van der Waals surface area contributed by atoms with Gasteiger partial charge in [0.2, 0.25) is 0 Å². The van der Waals surface area contributed by atoms with Crippen molar-refractivity contribution in [1.82, 2.24) is 5.32 Å². The molecule has 1 aromatic rings. The standard InChI is InChI=1S/C13H20N2O3/c1-3-17-9-8-15-13(16)10-6-5-7-11(14)12(10)18-4-2/h5-7H,3-4,8-9,14H2,1-2H3,(H,15,16). The molecule has 0 saturated carbocycles. The average Bonchev–Trinajstić information content (AvgIpc) is 2.37. The lowest BCUT2D eigenvalue weighted by atomic mass is 10.1. The van der Waals surface area contributed by atoms with Gasteiger partial charge in [0.1, 0.15) is 0 Å². The van der Waals surface area contributed by atoms with E-state index in [9.17, 15) is 4.79 Å². The van der Waals surface area contributed by atoms with Gasteiger partial charge in [-0.25, -0.2) is 0 Å². The first-order chi connectivity index (χ1) is 8.70. The molecule has 0 heterocycles. The fourth-order valence-electron chi connectivity index (χ4n) is 1.52. The van der Waals surface area contributed by atoms with Crippen LogP contribution >= 0.6 is 0 Å². The number of carbonyl (C=O) groups excluding carboxylic acids is 1. The second-order valence-electron chi connectivity index (χ2n) is 3.61. The van der Waals surface area contributed by atoms with E-state index in [0.717, 1.165) is 0 Å². The maximum atomic E-state index is 12.0. The summed E-state index contributed by atoms with van der Waals surface area (Å²) in [7, 11) is 0. The number of nitrogens with two attached hydrogens (primary N) is 1. The maximum Gasteiger partial charge on any atom is 0.255 e. The Kier molecular flexibility index (Phi) is 6.00. The molecule has 0 saturated heterocycles. The highest BCUT2D eigenvalue weighted by Crippen LogP contribution is 2.26. The van der Waals surface area contributed by atoms with E-state index >= 15 is 0 Å². The SMILES string of the molecule is CCOCCNC(=O)c1cccc(N)c1OCC. The largest absolute Gasteiger partial charge is 0.491 e. The Morgan fingerprint density at radius 2 is 2.11 bits per heavy atom. The number of hydrogen-bond acceptors (Lipinski definition) is 4. The average molecular weight is 252 g/mol. The minimum Gasteiger partial charge on any atom is -0.491 e. The molecule has 0 aliphatic rings. The number of anilines is 1. The number of ether oxygens (including phenoxy) is 2. The van der Waals surface area contributed by atoms with Gasteiger partial charge in [0.05, 0.1) is 24.5 Å². The van der Waals surface area contributed by atoms with Gasteiger partial charge in [-0.3, -0.25) is 4.79 Å². The van der Waals surface area contributed by atoms with E-state index in [1.165, 1.54) is 0 Å². The Balaban J connectivity index is 2.69. The molecule has 3 N–H and O–H groups in total. The van der Waals surface area contributed by atoms with E-state index in [0.29, 0.717) is 43.4 Å². The fourth-order valence-corrected chi connectivity index (χ4v) is 1.52. The van der Waals surface area contributed by atoms with Gasteiger partial charge in [0.25, 0.3) is 5.91 Å². The third-order valence-electron chi connectivity index (χ3n) is 2.31. The molecule has 0 fully saturated rings. The van der Waals surface area contributed by atoms with Crippen molar-refractivity contribution in [2.45, 2.75) is 13.8 Å². The summed E-state index contributed by atoms with van der Waals surface area (Å²) in [6.45, 7) is 5.82. The molecule has 0 aromatic heterocycles. The van der Waals surface area contributed by atoms with Gasteiger partial charge in [-0.2, -0.15) is 0 Å². The van der Waals surface area contributed by atoms with Crippen LogP contribution in [-0.2, 0) is 4.74 Å². The van der Waals surface area contributed by atoms with Gasteiger partial charge in [-0.05, 0) is 26.0 Å². The van der Waals surface area contributed by atoms with Crippen molar-refractivity contribution >= 4 is 11.6 Å². The molecular weight excluding hydrogens is 232 g/mol. The second-order valence-corrected chi connectivity index (χ2v) is 3.61. The molecule has 5 heteroatoms. The van der Waals surface area contributed by atoms with E-state index < -0.39 is 0 Å². The number of hydrogen-bond donors (Lipinski definition) is 2. The predicted molar refractivity (Wildman–Crippen MR) is 70.8 cm³/mol. The molecule has 0 unspecified atom stereocenters. The smallest absolute Gasteiger partial charge is 0.255 e. The van der Waals surface area contributed by atoms with Crippen LogP contribution in [0.15, 0.2) is 18.2 Å². The molecule has 5 nitrogen and oxygen atoms in total. The normalized spacial score (nSPS) is 10.1. The van der Waals surface area contributed by atoms with Crippen LogP contribution in [0, 0.1) is 0 Å². The van der Waals surface area contributed by atoms with Gasteiger partial charge in [-0.1, -0.05) is 6.07 Å². The van der Waals surface area contributed by atoms with E-state index in [-0.39, 0.29) is 5.91 Å². The van der Waals surface area contributed by atoms with Crippen molar-refractivity contribution in [2.75, 3.05) is 32.1 Å². The van der Waals surface area contributed by atoms with Crippen LogP contribution in [0.25, 0.3) is 0 Å². The molecule has 1 rings (SSSR count). The van der Waals surface area contributed by atoms with Crippen molar-refractivity contribution < 1.29 is 14.3 Å². The number of carbonyl (C=O) groups is 1. The van der Waals surface area contributed by atoms with E-state index in [2.05, 4.69) is 5.32 Å². The first-order valence-corrected chi connectivity index (χ1v) is 6.07. The summed E-state index contributed by atoms with van der Waals surface area (Å²) in [5.74, 6) is 0.236. The molecule has 0 atom stereocenters. The quantitative estimate of drug-likeness (QED) is 0.569. The number of amides is 1. The number of rotatable bonds is 7. The summed E-state index contributed by atoms with van der Waals surface area (Å²) < 4.78 is 10.5. The summed E-state index contributed by atoms with van der Waals surface area (Å²) in [4.78, 5) is 12.0. The minimum absolute atomic E-state index is 0.203. The highest BCUT2D eigenvalue weighted by Gasteiger charge is 2.14. The van der Waals surface area contributed by atoms with Gasteiger partial charge >= 0.3 is 0 Å². The van der Waals surface area contributed by atoms with Crippen LogP contribution in [-0.4, -0.2) is 32.3 Å². The third kappa shape index (κ3) is 3.92. The lowest BCUT2D eigenvalue weighted by molar-refractivity contribution is 0.0919. The summed E-state index contributed by atoms with van der Waals surface area (Å²) >= 11 is 0. The highest BCUT2D eigenvalue weighted by molar-refractivity contribution is 5.98. The van der Waals surface area contributed by atoms with E-state index in [1.54, 1.807) is 18.2 Å². The first-order valence-electron chi connectivity index (χ1n) is 6.07. The fraction of sp³-hybridized carbons (Fsp3) is 0.462. The number of para-hydroxylation sites is 1. The van der Waals surface area contributed by atoms with Crippen LogP contribution in [0.5, 0.6) is 5.75 Å². The van der Waals surface area contributed by atoms with E-state index in [1.807, 2.05) is 13.8 Å². The second kappa shape index (κ2) is 7.55. The molecule has 0 aliphatic heterocycles. The summed E-state index contributed by atoms with van der Waals surface area (Å²) in [6, 6.07) is 5.13. The molecule has 0 spiro atoms. The Morgan fingerprint density at radius 3 is 2.78 bits per heavy atom. The van der Waals surface area contributed by atoms with Gasteiger partial charge in [-0.15, -0.1) is 0 Å². The zero-order chi connectivity index (χ0) is 13.4. The Morgan fingerprint density at radius 1 is 1.33 bits per heavy atom. The lowest BCUT2D eigenvalue weighted by Gasteiger charge is -2.12. The molecule has 1 aromatic carbocycles. The summed E-state index contributed by atoms with van der Waals surface area (Å²) in [6.07, 6.45) is 0. The van der Waals surface area contributed by atoms with Crippen molar-refractivity contribution in [3.05, 3.63) is 23.8 Å². The van der Waals surface area contributed by atoms with Crippen LogP contribution in [0.4, 0.5) is 5.69 Å². The summed E-state index contributed by atoms with van der Waals surface area (Å²) in [5.41, 5.74) is 6.71. The molecule has 0 aliphatic carbocycles. The van der Waals surface area contributed by atoms with Crippen molar-refractivity contribution in [3.8, 4) is 5.75 Å². The molecule has 18 heavy (non-hydrogen) atoms. The lowest BCUT2D eigenvalue weighted by Crippen LogP contribution is -2.27. The zero-order valence-electron chi connectivity index (χ0n) is 10.9. The van der Waals surface area contributed by atoms with Gasteiger partial charge in [0.15, 0.2) is 5.75 Å². The Bertz CT molecular complexity index is 394. The monoisotopic (exact) mass is 252 g/mol. The first kappa shape index (κ1) is 14.3. The molecule has 1 amide bonds. The van der Waals surface area contributed by atoms with Crippen LogP contribution in [0.1, 0.15) is 24.2 Å². The predicted octanol–water partition coefficient (Wildman–Crippen LogP) is 1.43. The Labute approximate surface area is 107 Å². The third-order valence-corrected chi connectivity index (χ3v) is 2.31. The highest BCUT2D eigenvalue weighted by atomic mass is 16.5. The van der Waals surface area contributed by atoms with E-state index in [4.69, 9.17) is 15.2 Å². The van der Waals surface area contributed by atoms with Crippen molar-refractivity contribution in [2.24, 2.45) is 0 Å². The molecular formula is C13H20N2O3. The van der Waals surface area contributed by atoms with Crippen LogP contribution < -0.4 is 15.8 Å². The number of nitrogen functional groups attached to an aromatic ring is 1. The molecule has 100 valence electrons. The maximum absolute atomic E-state index is 12.0. The molecule has 0 radical (unpaired) electrons. The number of benzene rings is 1. The van der Waals surface area contributed by atoms with Crippen LogP contribution in [0.3, 0.4) is 0 Å². The van der Waals surface area contributed by atoms with Gasteiger partial charge in [0, 0.05) is 13.2 Å². The summed E-state index contributed by atoms with van der Waals surface area (Å²) in [5, 5.41) is 2.76. The Hall–Kier alpha value is -1.75.